The number of benzene rings is 1. The zero-order chi connectivity index (χ0) is 12.4. The van der Waals surface area contributed by atoms with E-state index in [0.717, 1.165) is 12.1 Å². The Balaban J connectivity index is 2.30. The van der Waals surface area contributed by atoms with Gasteiger partial charge in [0.2, 0.25) is 0 Å². The number of Topliss-reactive ketones (excluding diaryl/α,β-unsaturated/α-hetero) is 1. The molecule has 2 aromatic rings. The van der Waals surface area contributed by atoms with Gasteiger partial charge < -0.3 is 4.98 Å². The summed E-state index contributed by atoms with van der Waals surface area (Å²) in [6, 6.07) is 3.58. The second-order valence-corrected chi connectivity index (χ2v) is 3.75. The third-order valence-electron chi connectivity index (χ3n) is 2.28. The van der Waals surface area contributed by atoms with Gasteiger partial charge in [0, 0.05) is 5.56 Å². The third kappa shape index (κ3) is 2.55. The molecule has 1 aromatic heterocycles. The molecule has 2 rings (SSSR count). The highest BCUT2D eigenvalue weighted by molar-refractivity contribution is 5.77. The number of rotatable bonds is 3. The van der Waals surface area contributed by atoms with Gasteiger partial charge in [-0.25, -0.2) is 13.8 Å². The lowest BCUT2D eigenvalue weighted by Crippen LogP contribution is -1.97. The average Bonchev–Trinajstić information content (AvgIpc) is 2.69. The zero-order valence-electron chi connectivity index (χ0n) is 9.13. The molecule has 17 heavy (non-hydrogen) atoms. The van der Waals surface area contributed by atoms with Gasteiger partial charge in [-0.1, -0.05) is 0 Å². The zero-order valence-corrected chi connectivity index (χ0v) is 9.13. The first-order valence-electron chi connectivity index (χ1n) is 5.05. The smallest absolute Gasteiger partial charge is 0.159 e. The van der Waals surface area contributed by atoms with Gasteiger partial charge in [-0.2, -0.15) is 0 Å². The Morgan fingerprint density at radius 1 is 1.35 bits per heavy atom. The minimum atomic E-state index is -0.912. The molecular formula is C12H10F2N2O. The van der Waals surface area contributed by atoms with E-state index >= 15 is 0 Å². The number of carbonyl (C=O) groups is 1. The van der Waals surface area contributed by atoms with Gasteiger partial charge in [0.15, 0.2) is 11.6 Å². The van der Waals surface area contributed by atoms with Gasteiger partial charge in [-0.3, -0.25) is 4.79 Å². The molecule has 3 nitrogen and oxygen atoms in total. The number of ketones is 1. The molecule has 0 aliphatic heterocycles. The van der Waals surface area contributed by atoms with Crippen molar-refractivity contribution in [3.8, 4) is 11.3 Å². The van der Waals surface area contributed by atoms with Crippen LogP contribution in [0.2, 0.25) is 0 Å². The lowest BCUT2D eigenvalue weighted by Gasteiger charge is -1.98. The van der Waals surface area contributed by atoms with Crippen molar-refractivity contribution >= 4 is 5.78 Å². The summed E-state index contributed by atoms with van der Waals surface area (Å²) in [4.78, 5) is 17.8. The molecule has 1 aromatic carbocycles. The summed E-state index contributed by atoms with van der Waals surface area (Å²) in [5.74, 6) is -1.31. The Morgan fingerprint density at radius 3 is 2.76 bits per heavy atom. The molecule has 0 unspecified atom stereocenters. The van der Waals surface area contributed by atoms with E-state index in [-0.39, 0.29) is 12.2 Å². The Morgan fingerprint density at radius 2 is 2.12 bits per heavy atom. The van der Waals surface area contributed by atoms with E-state index in [2.05, 4.69) is 9.97 Å². The number of imidazole rings is 1. The first-order chi connectivity index (χ1) is 8.06. The molecule has 0 aliphatic rings. The number of halogens is 2. The topological polar surface area (TPSA) is 45.8 Å². The fourth-order valence-electron chi connectivity index (χ4n) is 1.50. The van der Waals surface area contributed by atoms with E-state index in [1.165, 1.54) is 19.2 Å². The van der Waals surface area contributed by atoms with Gasteiger partial charge in [-0.15, -0.1) is 0 Å². The first-order valence-corrected chi connectivity index (χ1v) is 5.05. The molecule has 0 amide bonds. The molecule has 0 spiro atoms. The molecule has 0 atom stereocenters. The quantitative estimate of drug-likeness (QED) is 0.889. The van der Waals surface area contributed by atoms with Crippen molar-refractivity contribution in [2.75, 3.05) is 0 Å². The SMILES string of the molecule is CC(=O)Cc1ncc(-c2ccc(F)c(F)c2)[nH]1. The summed E-state index contributed by atoms with van der Waals surface area (Å²) in [5.41, 5.74) is 1.05. The van der Waals surface area contributed by atoms with Gasteiger partial charge >= 0.3 is 0 Å². The minimum Gasteiger partial charge on any atom is -0.342 e. The minimum absolute atomic E-state index is 0.0174. The number of carbonyl (C=O) groups excluding carboxylic acids is 1. The normalized spacial score (nSPS) is 10.5. The van der Waals surface area contributed by atoms with Crippen molar-refractivity contribution < 1.29 is 13.6 Å². The summed E-state index contributed by atoms with van der Waals surface area (Å²) < 4.78 is 25.8. The maximum absolute atomic E-state index is 13.0. The standard InChI is InChI=1S/C12H10F2N2O/c1-7(17)4-12-15-6-11(16-12)8-2-3-9(13)10(14)5-8/h2-3,5-6H,4H2,1H3,(H,15,16). The first kappa shape index (κ1) is 11.4. The molecule has 0 bridgehead atoms. The number of nitrogens with zero attached hydrogens (tertiary/aromatic N) is 1. The van der Waals surface area contributed by atoms with E-state index in [1.54, 1.807) is 0 Å². The number of hydrogen-bond donors (Lipinski definition) is 1. The highest BCUT2D eigenvalue weighted by Gasteiger charge is 2.08. The highest BCUT2D eigenvalue weighted by Crippen LogP contribution is 2.19. The maximum Gasteiger partial charge on any atom is 0.159 e. The van der Waals surface area contributed by atoms with Crippen LogP contribution < -0.4 is 0 Å². The summed E-state index contributed by atoms with van der Waals surface area (Å²) in [6.07, 6.45) is 1.69. The van der Waals surface area contributed by atoms with Crippen LogP contribution in [0.3, 0.4) is 0 Å². The number of aromatic amines is 1. The molecule has 0 aliphatic carbocycles. The Labute approximate surface area is 96.5 Å². The summed E-state index contributed by atoms with van der Waals surface area (Å²) in [5, 5.41) is 0. The third-order valence-corrected chi connectivity index (χ3v) is 2.28. The lowest BCUT2D eigenvalue weighted by molar-refractivity contribution is -0.116. The van der Waals surface area contributed by atoms with Crippen molar-refractivity contribution in [3.05, 3.63) is 41.9 Å². The number of nitrogens with one attached hydrogen (secondary N) is 1. The number of aromatic nitrogens is 2. The molecule has 0 radical (unpaired) electrons. The average molecular weight is 236 g/mol. The Hall–Kier alpha value is -2.04. The van der Waals surface area contributed by atoms with Crippen LogP contribution in [0, 0.1) is 11.6 Å². The molecule has 1 N–H and O–H groups in total. The monoisotopic (exact) mass is 236 g/mol. The fraction of sp³-hybridized carbons (Fsp3) is 0.167. The second kappa shape index (κ2) is 4.45. The predicted molar refractivity (Wildman–Crippen MR) is 58.3 cm³/mol. The fourth-order valence-corrected chi connectivity index (χ4v) is 1.50. The molecule has 0 fully saturated rings. The van der Waals surface area contributed by atoms with Gasteiger partial charge in [-0.05, 0) is 25.1 Å². The predicted octanol–water partition coefficient (Wildman–Crippen LogP) is 2.49. The highest BCUT2D eigenvalue weighted by atomic mass is 19.2. The molecule has 88 valence electrons. The van der Waals surface area contributed by atoms with Gasteiger partial charge in [0.25, 0.3) is 0 Å². The molecule has 0 saturated heterocycles. The molecule has 0 saturated carbocycles. The van der Waals surface area contributed by atoms with Crippen molar-refractivity contribution in [1.82, 2.24) is 9.97 Å². The Bertz CT molecular complexity index is 563. The van der Waals surface area contributed by atoms with E-state index in [0.29, 0.717) is 17.1 Å². The van der Waals surface area contributed by atoms with E-state index in [4.69, 9.17) is 0 Å². The van der Waals surface area contributed by atoms with E-state index in [1.807, 2.05) is 0 Å². The van der Waals surface area contributed by atoms with Crippen LogP contribution in [0.15, 0.2) is 24.4 Å². The second-order valence-electron chi connectivity index (χ2n) is 3.75. The number of H-pyrrole nitrogens is 1. The van der Waals surface area contributed by atoms with Crippen LogP contribution in [0.1, 0.15) is 12.7 Å². The number of hydrogen-bond acceptors (Lipinski definition) is 2. The lowest BCUT2D eigenvalue weighted by atomic mass is 10.1. The van der Waals surface area contributed by atoms with Crippen LogP contribution in [-0.4, -0.2) is 15.8 Å². The molecule has 1 heterocycles. The van der Waals surface area contributed by atoms with E-state index in [9.17, 15) is 13.6 Å². The Kier molecular flexibility index (Phi) is 2.99. The van der Waals surface area contributed by atoms with Crippen LogP contribution in [0.25, 0.3) is 11.3 Å². The van der Waals surface area contributed by atoms with Crippen LogP contribution in [-0.2, 0) is 11.2 Å². The molecular weight excluding hydrogens is 226 g/mol. The van der Waals surface area contributed by atoms with Crippen LogP contribution in [0.4, 0.5) is 8.78 Å². The molecule has 5 heteroatoms. The van der Waals surface area contributed by atoms with E-state index < -0.39 is 11.6 Å². The summed E-state index contributed by atoms with van der Waals surface area (Å²) in [6.45, 7) is 1.46. The van der Waals surface area contributed by atoms with Crippen LogP contribution in [0.5, 0.6) is 0 Å². The van der Waals surface area contributed by atoms with Crippen molar-refractivity contribution in [1.29, 1.82) is 0 Å². The van der Waals surface area contributed by atoms with Crippen LogP contribution >= 0.6 is 0 Å². The van der Waals surface area contributed by atoms with Gasteiger partial charge in [0.1, 0.15) is 11.6 Å². The maximum atomic E-state index is 13.0. The van der Waals surface area contributed by atoms with Crippen molar-refractivity contribution in [2.24, 2.45) is 0 Å². The van der Waals surface area contributed by atoms with Crippen molar-refractivity contribution in [2.45, 2.75) is 13.3 Å². The summed E-state index contributed by atoms with van der Waals surface area (Å²) in [7, 11) is 0. The van der Waals surface area contributed by atoms with Crippen molar-refractivity contribution in [3.63, 3.8) is 0 Å². The largest absolute Gasteiger partial charge is 0.342 e. The summed E-state index contributed by atoms with van der Waals surface area (Å²) >= 11 is 0. The van der Waals surface area contributed by atoms with Gasteiger partial charge in [0.05, 0.1) is 18.3 Å².